The minimum absolute atomic E-state index is 0.00684. The molecule has 0 saturated carbocycles. The lowest BCUT2D eigenvalue weighted by molar-refractivity contribution is -0.117. The average molecular weight is 563 g/mol. The SMILES string of the molecule is N#CC(=Cc1cn(-c2ccccc2)nc1-c1cccc(OCc2ccccc2Cl)c1)C(=O)NCCCn1ccnc1. The number of ether oxygens (including phenoxy) is 1. The third kappa shape index (κ3) is 7.10. The molecule has 0 aliphatic heterocycles. The largest absolute Gasteiger partial charge is 0.489 e. The highest BCUT2D eigenvalue weighted by atomic mass is 35.5. The molecule has 3 aromatic carbocycles. The number of carbonyl (C=O) groups excluding carboxylic acids is 1. The summed E-state index contributed by atoms with van der Waals surface area (Å²) in [6, 6.07) is 26.8. The van der Waals surface area contributed by atoms with Crippen LogP contribution < -0.4 is 10.1 Å². The van der Waals surface area contributed by atoms with Crippen LogP contribution in [0, 0.1) is 11.3 Å². The van der Waals surface area contributed by atoms with Crippen LogP contribution in [0.1, 0.15) is 17.5 Å². The van der Waals surface area contributed by atoms with Crippen LogP contribution in [0.15, 0.2) is 109 Å². The number of imidazole rings is 1. The van der Waals surface area contributed by atoms with Gasteiger partial charge in [0, 0.05) is 53.4 Å². The molecule has 0 aliphatic carbocycles. The Hall–Kier alpha value is -5.13. The molecule has 0 atom stereocenters. The first-order valence-corrected chi connectivity index (χ1v) is 13.5. The number of hydrogen-bond donors (Lipinski definition) is 1. The highest BCUT2D eigenvalue weighted by molar-refractivity contribution is 6.31. The normalized spacial score (nSPS) is 11.2. The Bertz CT molecular complexity index is 1690. The molecule has 0 spiro atoms. The number of nitrogens with one attached hydrogen (secondary N) is 1. The van der Waals surface area contributed by atoms with Gasteiger partial charge in [0.1, 0.15) is 29.7 Å². The van der Waals surface area contributed by atoms with E-state index in [1.54, 1.807) is 23.3 Å². The molecular formula is C32H27ClN6O2. The van der Waals surface area contributed by atoms with Crippen LogP contribution in [-0.4, -0.2) is 31.8 Å². The lowest BCUT2D eigenvalue weighted by Crippen LogP contribution is -2.26. The molecular weight excluding hydrogens is 536 g/mol. The Morgan fingerprint density at radius 1 is 1.07 bits per heavy atom. The van der Waals surface area contributed by atoms with Gasteiger partial charge in [0.15, 0.2) is 0 Å². The molecule has 1 amide bonds. The van der Waals surface area contributed by atoms with Crippen LogP contribution in [0.4, 0.5) is 0 Å². The Morgan fingerprint density at radius 3 is 2.68 bits per heavy atom. The van der Waals surface area contributed by atoms with Crippen molar-refractivity contribution in [3.63, 3.8) is 0 Å². The first-order chi connectivity index (χ1) is 20.1. The minimum Gasteiger partial charge on any atom is -0.489 e. The number of amides is 1. The predicted octanol–water partition coefficient (Wildman–Crippen LogP) is 6.08. The van der Waals surface area contributed by atoms with E-state index in [9.17, 15) is 10.1 Å². The number of nitrogens with zero attached hydrogens (tertiary/aromatic N) is 5. The maximum Gasteiger partial charge on any atom is 0.261 e. The number of hydrogen-bond acceptors (Lipinski definition) is 5. The van der Waals surface area contributed by atoms with Gasteiger partial charge in [0.2, 0.25) is 0 Å². The number of para-hydroxylation sites is 1. The van der Waals surface area contributed by atoms with Crippen LogP contribution in [0.25, 0.3) is 23.0 Å². The van der Waals surface area contributed by atoms with Crippen molar-refractivity contribution >= 4 is 23.6 Å². The topological polar surface area (TPSA) is 97.8 Å². The molecule has 204 valence electrons. The Labute approximate surface area is 243 Å². The molecule has 0 saturated heterocycles. The summed E-state index contributed by atoms with van der Waals surface area (Å²) in [5.41, 5.74) is 3.74. The van der Waals surface area contributed by atoms with Gasteiger partial charge in [-0.3, -0.25) is 4.79 Å². The summed E-state index contributed by atoms with van der Waals surface area (Å²) in [7, 11) is 0. The molecule has 5 aromatic rings. The molecule has 0 fully saturated rings. The number of aromatic nitrogens is 4. The van der Waals surface area contributed by atoms with E-state index in [0.29, 0.717) is 41.6 Å². The van der Waals surface area contributed by atoms with Crippen molar-refractivity contribution < 1.29 is 9.53 Å². The predicted molar refractivity (Wildman–Crippen MR) is 158 cm³/mol. The molecule has 0 radical (unpaired) electrons. The van der Waals surface area contributed by atoms with Crippen LogP contribution in [-0.2, 0) is 17.9 Å². The Balaban J connectivity index is 1.40. The summed E-state index contributed by atoms with van der Waals surface area (Å²) >= 11 is 6.29. The highest BCUT2D eigenvalue weighted by Crippen LogP contribution is 2.29. The molecule has 41 heavy (non-hydrogen) atoms. The molecule has 0 aliphatic rings. The van der Waals surface area contributed by atoms with E-state index < -0.39 is 5.91 Å². The fraction of sp³-hybridized carbons (Fsp3) is 0.125. The summed E-state index contributed by atoms with van der Waals surface area (Å²) in [6.45, 7) is 1.46. The van der Waals surface area contributed by atoms with Gasteiger partial charge in [-0.1, -0.05) is 60.1 Å². The number of halogens is 1. The molecule has 0 bridgehead atoms. The van der Waals surface area contributed by atoms with E-state index >= 15 is 0 Å². The van der Waals surface area contributed by atoms with Crippen molar-refractivity contribution in [2.75, 3.05) is 6.54 Å². The number of rotatable bonds is 11. The first-order valence-electron chi connectivity index (χ1n) is 13.1. The van der Waals surface area contributed by atoms with Crippen molar-refractivity contribution in [1.82, 2.24) is 24.6 Å². The second kappa shape index (κ2) is 13.3. The summed E-state index contributed by atoms with van der Waals surface area (Å²) < 4.78 is 9.70. The number of carbonyl (C=O) groups is 1. The standard InChI is InChI=1S/C32H27ClN6O2/c33-30-13-5-4-8-25(30)22-41-29-12-6-9-24(19-29)31-27(21-39(37-31)28-10-2-1-3-11-28)18-26(20-34)32(40)36-14-7-16-38-17-15-35-23-38/h1-6,8-13,15,17-19,21,23H,7,14,16,22H2,(H,36,40). The number of nitriles is 1. The number of aryl methyl sites for hydroxylation is 1. The van der Waals surface area contributed by atoms with Gasteiger partial charge >= 0.3 is 0 Å². The van der Waals surface area contributed by atoms with Crippen LogP contribution in [0.5, 0.6) is 5.75 Å². The second-order valence-corrected chi connectivity index (χ2v) is 9.61. The van der Waals surface area contributed by atoms with E-state index in [4.69, 9.17) is 21.4 Å². The highest BCUT2D eigenvalue weighted by Gasteiger charge is 2.16. The summed E-state index contributed by atoms with van der Waals surface area (Å²) in [4.78, 5) is 16.9. The van der Waals surface area contributed by atoms with E-state index in [2.05, 4.69) is 10.3 Å². The first kappa shape index (κ1) is 27.4. The van der Waals surface area contributed by atoms with Crippen LogP contribution in [0.2, 0.25) is 5.02 Å². The summed E-state index contributed by atoms with van der Waals surface area (Å²) in [5.74, 6) is 0.205. The summed E-state index contributed by atoms with van der Waals surface area (Å²) in [6.07, 6.45) is 9.40. The number of benzene rings is 3. The maximum absolute atomic E-state index is 12.9. The maximum atomic E-state index is 12.9. The van der Waals surface area contributed by atoms with E-state index in [1.807, 2.05) is 102 Å². The molecule has 1 N–H and O–H groups in total. The van der Waals surface area contributed by atoms with Gasteiger partial charge in [-0.2, -0.15) is 10.4 Å². The van der Waals surface area contributed by atoms with Crippen molar-refractivity contribution in [3.05, 3.63) is 126 Å². The van der Waals surface area contributed by atoms with Gasteiger partial charge in [-0.25, -0.2) is 9.67 Å². The Kier molecular flexibility index (Phi) is 8.89. The van der Waals surface area contributed by atoms with Crippen molar-refractivity contribution in [2.24, 2.45) is 0 Å². The van der Waals surface area contributed by atoms with Crippen molar-refractivity contribution in [3.8, 4) is 28.8 Å². The monoisotopic (exact) mass is 562 g/mol. The zero-order valence-electron chi connectivity index (χ0n) is 22.2. The van der Waals surface area contributed by atoms with E-state index in [1.165, 1.54) is 0 Å². The lowest BCUT2D eigenvalue weighted by atomic mass is 10.1. The third-order valence-electron chi connectivity index (χ3n) is 6.33. The molecule has 5 rings (SSSR count). The fourth-order valence-corrected chi connectivity index (χ4v) is 4.41. The quantitative estimate of drug-likeness (QED) is 0.119. The van der Waals surface area contributed by atoms with Gasteiger partial charge in [-0.05, 0) is 42.8 Å². The van der Waals surface area contributed by atoms with Crippen molar-refractivity contribution in [1.29, 1.82) is 5.26 Å². The van der Waals surface area contributed by atoms with E-state index in [-0.39, 0.29) is 5.57 Å². The molecule has 2 aromatic heterocycles. The van der Waals surface area contributed by atoms with E-state index in [0.717, 1.165) is 23.4 Å². The fourth-order valence-electron chi connectivity index (χ4n) is 4.22. The minimum atomic E-state index is -0.437. The van der Waals surface area contributed by atoms with Crippen LogP contribution >= 0.6 is 11.6 Å². The van der Waals surface area contributed by atoms with Gasteiger partial charge in [-0.15, -0.1) is 0 Å². The smallest absolute Gasteiger partial charge is 0.261 e. The molecule has 8 nitrogen and oxygen atoms in total. The van der Waals surface area contributed by atoms with Crippen LogP contribution in [0.3, 0.4) is 0 Å². The third-order valence-corrected chi connectivity index (χ3v) is 6.69. The Morgan fingerprint density at radius 2 is 1.90 bits per heavy atom. The lowest BCUT2D eigenvalue weighted by Gasteiger charge is -2.09. The molecule has 0 unspecified atom stereocenters. The molecule has 2 heterocycles. The second-order valence-electron chi connectivity index (χ2n) is 9.20. The zero-order valence-corrected chi connectivity index (χ0v) is 22.9. The molecule has 9 heteroatoms. The van der Waals surface area contributed by atoms with Gasteiger partial charge in [0.25, 0.3) is 5.91 Å². The average Bonchev–Trinajstić information content (AvgIpc) is 3.69. The van der Waals surface area contributed by atoms with Crippen molar-refractivity contribution in [2.45, 2.75) is 19.6 Å². The van der Waals surface area contributed by atoms with Gasteiger partial charge in [0.05, 0.1) is 12.0 Å². The summed E-state index contributed by atoms with van der Waals surface area (Å²) in [5, 5.41) is 18.1. The van der Waals surface area contributed by atoms with Gasteiger partial charge < -0.3 is 14.6 Å². The zero-order chi connectivity index (χ0) is 28.4.